The Balaban J connectivity index is 2.65. The van der Waals surface area contributed by atoms with Crippen molar-refractivity contribution in [2.24, 2.45) is 4.99 Å². The van der Waals surface area contributed by atoms with E-state index < -0.39 is 5.67 Å². The fourth-order valence-corrected chi connectivity index (χ4v) is 0.513. The summed E-state index contributed by atoms with van der Waals surface area (Å²) >= 11 is 0. The van der Waals surface area contributed by atoms with E-state index in [1.54, 1.807) is 12.3 Å². The van der Waals surface area contributed by atoms with Crippen LogP contribution in [0.15, 0.2) is 17.1 Å². The minimum atomic E-state index is -1.32. The SMILES string of the molecule is CC1(F)[CH]N=CC=C1. The van der Waals surface area contributed by atoms with Gasteiger partial charge < -0.3 is 0 Å². The highest BCUT2D eigenvalue weighted by Gasteiger charge is 2.19. The molecule has 0 saturated carbocycles. The fourth-order valence-electron chi connectivity index (χ4n) is 0.513. The van der Waals surface area contributed by atoms with Crippen molar-refractivity contribution in [2.75, 3.05) is 0 Å². The summed E-state index contributed by atoms with van der Waals surface area (Å²) in [5, 5.41) is 0. The van der Waals surface area contributed by atoms with Crippen LogP contribution in [-0.4, -0.2) is 11.9 Å². The first-order valence-electron chi connectivity index (χ1n) is 2.45. The molecule has 0 amide bonds. The van der Waals surface area contributed by atoms with Gasteiger partial charge in [-0.1, -0.05) is 0 Å². The quantitative estimate of drug-likeness (QED) is 0.450. The average molecular weight is 112 g/mol. The Morgan fingerprint density at radius 1 is 1.62 bits per heavy atom. The summed E-state index contributed by atoms with van der Waals surface area (Å²) in [4.78, 5) is 3.62. The van der Waals surface area contributed by atoms with Crippen molar-refractivity contribution in [1.82, 2.24) is 0 Å². The molecule has 1 aliphatic heterocycles. The number of hydrogen-bond donors (Lipinski definition) is 0. The van der Waals surface area contributed by atoms with Crippen LogP contribution >= 0.6 is 0 Å². The lowest BCUT2D eigenvalue weighted by atomic mass is 10.1. The van der Waals surface area contributed by atoms with E-state index in [-0.39, 0.29) is 0 Å². The van der Waals surface area contributed by atoms with Gasteiger partial charge in [0.25, 0.3) is 0 Å². The molecular weight excluding hydrogens is 105 g/mol. The topological polar surface area (TPSA) is 12.4 Å². The van der Waals surface area contributed by atoms with Crippen LogP contribution in [0.3, 0.4) is 0 Å². The Morgan fingerprint density at radius 2 is 2.38 bits per heavy atom. The molecule has 0 saturated heterocycles. The molecule has 0 bridgehead atoms. The molecule has 0 aliphatic carbocycles. The third-order valence-corrected chi connectivity index (χ3v) is 0.921. The van der Waals surface area contributed by atoms with Gasteiger partial charge in [0.05, 0.1) is 0 Å². The zero-order chi connectivity index (χ0) is 6.04. The van der Waals surface area contributed by atoms with Crippen molar-refractivity contribution in [2.45, 2.75) is 12.6 Å². The number of halogens is 1. The zero-order valence-electron chi connectivity index (χ0n) is 4.63. The lowest BCUT2D eigenvalue weighted by molar-refractivity contribution is 0.300. The minimum absolute atomic E-state index is 1.27. The molecule has 1 rings (SSSR count). The van der Waals surface area contributed by atoms with Gasteiger partial charge in [-0.25, -0.2) is 4.39 Å². The molecule has 1 radical (unpaired) electrons. The normalized spacial score (nSPS) is 35.8. The number of dihydropyridines is 1. The minimum Gasteiger partial charge on any atom is -0.284 e. The highest BCUT2D eigenvalue weighted by atomic mass is 19.1. The van der Waals surface area contributed by atoms with Crippen LogP contribution in [0, 0.1) is 6.54 Å². The highest BCUT2D eigenvalue weighted by molar-refractivity contribution is 5.73. The van der Waals surface area contributed by atoms with E-state index >= 15 is 0 Å². The van der Waals surface area contributed by atoms with E-state index in [1.807, 2.05) is 0 Å². The molecule has 1 nitrogen and oxygen atoms in total. The predicted molar refractivity (Wildman–Crippen MR) is 31.4 cm³/mol. The number of alkyl halides is 1. The van der Waals surface area contributed by atoms with Crippen molar-refractivity contribution in [1.29, 1.82) is 0 Å². The summed E-state index contributed by atoms with van der Waals surface area (Å²) in [6, 6.07) is 0. The zero-order valence-corrected chi connectivity index (χ0v) is 4.63. The smallest absolute Gasteiger partial charge is 0.151 e. The second kappa shape index (κ2) is 1.69. The summed E-state index contributed by atoms with van der Waals surface area (Å²) in [5.41, 5.74) is -1.32. The third-order valence-electron chi connectivity index (χ3n) is 0.921. The van der Waals surface area contributed by atoms with Crippen molar-refractivity contribution in [3.05, 3.63) is 18.7 Å². The van der Waals surface area contributed by atoms with Crippen molar-refractivity contribution in [3.63, 3.8) is 0 Å². The summed E-state index contributed by atoms with van der Waals surface area (Å²) in [6.07, 6.45) is 4.61. The number of aliphatic imine (C=N–C) groups is 1. The first-order valence-corrected chi connectivity index (χ1v) is 2.45. The van der Waals surface area contributed by atoms with Gasteiger partial charge in [-0.15, -0.1) is 0 Å². The van der Waals surface area contributed by atoms with E-state index in [2.05, 4.69) is 4.99 Å². The van der Waals surface area contributed by atoms with E-state index in [4.69, 9.17) is 0 Å². The molecule has 1 atom stereocenters. The molecule has 0 fully saturated rings. The Kier molecular flexibility index (Phi) is 1.16. The molecule has 1 aliphatic rings. The first-order chi connectivity index (χ1) is 3.71. The molecule has 0 N–H and O–H groups in total. The van der Waals surface area contributed by atoms with Crippen LogP contribution in [-0.2, 0) is 0 Å². The van der Waals surface area contributed by atoms with Crippen molar-refractivity contribution >= 4 is 6.21 Å². The van der Waals surface area contributed by atoms with E-state index in [0.29, 0.717) is 0 Å². The Hall–Kier alpha value is -0.660. The largest absolute Gasteiger partial charge is 0.284 e. The van der Waals surface area contributed by atoms with Crippen LogP contribution in [0.2, 0.25) is 0 Å². The molecular formula is C6H7FN. The molecule has 2 heteroatoms. The fraction of sp³-hybridized carbons (Fsp3) is 0.333. The lowest BCUT2D eigenvalue weighted by Gasteiger charge is -2.12. The van der Waals surface area contributed by atoms with Crippen LogP contribution < -0.4 is 0 Å². The average Bonchev–Trinajstić information content (AvgIpc) is 1.65. The van der Waals surface area contributed by atoms with Gasteiger partial charge in [0, 0.05) is 6.21 Å². The van der Waals surface area contributed by atoms with Crippen LogP contribution in [0.5, 0.6) is 0 Å². The molecule has 1 heterocycles. The summed E-state index contributed by atoms with van der Waals surface area (Å²) in [7, 11) is 0. The van der Waals surface area contributed by atoms with Gasteiger partial charge in [-0.3, -0.25) is 4.99 Å². The van der Waals surface area contributed by atoms with Crippen LogP contribution in [0.4, 0.5) is 4.39 Å². The summed E-state index contributed by atoms with van der Waals surface area (Å²) < 4.78 is 12.6. The molecule has 0 aromatic rings. The van der Waals surface area contributed by atoms with Crippen molar-refractivity contribution in [3.8, 4) is 0 Å². The maximum absolute atomic E-state index is 12.6. The Morgan fingerprint density at radius 3 is 2.62 bits per heavy atom. The van der Waals surface area contributed by atoms with Gasteiger partial charge in [0.2, 0.25) is 0 Å². The van der Waals surface area contributed by atoms with Gasteiger partial charge >= 0.3 is 0 Å². The molecule has 43 valence electrons. The highest BCUT2D eigenvalue weighted by Crippen LogP contribution is 2.17. The number of rotatable bonds is 0. The van der Waals surface area contributed by atoms with Gasteiger partial charge in [-0.2, -0.15) is 0 Å². The summed E-state index contributed by atoms with van der Waals surface area (Å²) in [6.45, 7) is 2.73. The third kappa shape index (κ3) is 1.15. The summed E-state index contributed by atoms with van der Waals surface area (Å²) in [5.74, 6) is 0. The van der Waals surface area contributed by atoms with Gasteiger partial charge in [0.1, 0.15) is 6.54 Å². The molecule has 1 unspecified atom stereocenters. The second-order valence-electron chi connectivity index (χ2n) is 1.94. The Bertz CT molecular complexity index is 135. The number of allylic oxidation sites excluding steroid dienone is 1. The maximum Gasteiger partial charge on any atom is 0.151 e. The van der Waals surface area contributed by atoms with E-state index in [9.17, 15) is 4.39 Å². The standard InChI is InChI=1S/C6H7FN/c1-6(7)3-2-4-8-5-6/h2-5H,1H3. The van der Waals surface area contributed by atoms with Crippen LogP contribution in [0.1, 0.15) is 6.92 Å². The molecule has 0 spiro atoms. The Labute approximate surface area is 47.9 Å². The van der Waals surface area contributed by atoms with E-state index in [0.717, 1.165) is 0 Å². The maximum atomic E-state index is 12.6. The molecule has 0 aromatic carbocycles. The molecule has 0 aromatic heterocycles. The monoisotopic (exact) mass is 112 g/mol. The number of nitrogens with zero attached hydrogens (tertiary/aromatic N) is 1. The van der Waals surface area contributed by atoms with Gasteiger partial charge in [-0.05, 0) is 19.1 Å². The van der Waals surface area contributed by atoms with E-state index in [1.165, 1.54) is 19.5 Å². The van der Waals surface area contributed by atoms with Crippen LogP contribution in [0.25, 0.3) is 0 Å². The molecule has 8 heavy (non-hydrogen) atoms. The first kappa shape index (κ1) is 5.48. The number of hydrogen-bond acceptors (Lipinski definition) is 1. The van der Waals surface area contributed by atoms with Gasteiger partial charge in [0.15, 0.2) is 5.67 Å². The second-order valence-corrected chi connectivity index (χ2v) is 1.94. The van der Waals surface area contributed by atoms with Crippen molar-refractivity contribution < 1.29 is 4.39 Å². The lowest BCUT2D eigenvalue weighted by Crippen LogP contribution is -2.15. The predicted octanol–water partition coefficient (Wildman–Crippen LogP) is 1.52.